The molecule has 2 bridgehead atoms. The fourth-order valence-corrected chi connectivity index (χ4v) is 4.44. The molecule has 2 saturated heterocycles. The van der Waals surface area contributed by atoms with Crippen molar-refractivity contribution in [3.63, 3.8) is 0 Å². The van der Waals surface area contributed by atoms with Gasteiger partial charge in [0.15, 0.2) is 0 Å². The van der Waals surface area contributed by atoms with Gasteiger partial charge in [-0.1, -0.05) is 12.1 Å². The molecule has 2 fully saturated rings. The third kappa shape index (κ3) is 2.45. The van der Waals surface area contributed by atoms with E-state index in [-0.39, 0.29) is 0 Å². The second-order valence-electron chi connectivity index (χ2n) is 5.00. The van der Waals surface area contributed by atoms with Crippen molar-refractivity contribution < 1.29 is 4.74 Å². The predicted molar refractivity (Wildman–Crippen MR) is 71.8 cm³/mol. The lowest BCUT2D eigenvalue weighted by molar-refractivity contribution is 0.402. The van der Waals surface area contributed by atoms with E-state index in [1.807, 2.05) is 17.8 Å². The largest absolute Gasteiger partial charge is 0.496 e. The van der Waals surface area contributed by atoms with Gasteiger partial charge >= 0.3 is 0 Å². The summed E-state index contributed by atoms with van der Waals surface area (Å²) in [6.07, 6.45) is 5.35. The Balaban J connectivity index is 1.70. The van der Waals surface area contributed by atoms with Crippen molar-refractivity contribution in [2.24, 2.45) is 0 Å². The van der Waals surface area contributed by atoms with E-state index in [1.54, 1.807) is 7.11 Å². The van der Waals surface area contributed by atoms with Crippen LogP contribution in [-0.2, 0) is 0 Å². The van der Waals surface area contributed by atoms with Gasteiger partial charge in [-0.05, 0) is 37.8 Å². The van der Waals surface area contributed by atoms with E-state index in [0.717, 1.165) is 23.1 Å². The molecule has 17 heavy (non-hydrogen) atoms. The molecule has 0 aliphatic carbocycles. The molecule has 0 unspecified atom stereocenters. The zero-order valence-electron chi connectivity index (χ0n) is 10.2. The number of hydrogen-bond acceptors (Lipinski definition) is 3. The predicted octanol–water partition coefficient (Wildman–Crippen LogP) is 3.07. The highest BCUT2D eigenvalue weighted by Gasteiger charge is 2.33. The fourth-order valence-electron chi connectivity index (χ4n) is 3.00. The van der Waals surface area contributed by atoms with Crippen molar-refractivity contribution in [2.45, 2.75) is 47.9 Å². The number of ether oxygens (including phenoxy) is 1. The second kappa shape index (κ2) is 4.91. The Bertz CT molecular complexity index is 384. The van der Waals surface area contributed by atoms with Crippen LogP contribution in [0.3, 0.4) is 0 Å². The quantitative estimate of drug-likeness (QED) is 0.889. The first kappa shape index (κ1) is 11.4. The highest BCUT2D eigenvalue weighted by atomic mass is 32.2. The van der Waals surface area contributed by atoms with Crippen LogP contribution in [-0.4, -0.2) is 24.4 Å². The van der Waals surface area contributed by atoms with Gasteiger partial charge in [0.1, 0.15) is 5.75 Å². The van der Waals surface area contributed by atoms with Gasteiger partial charge in [-0.15, -0.1) is 11.8 Å². The van der Waals surface area contributed by atoms with Crippen LogP contribution in [0, 0.1) is 0 Å². The summed E-state index contributed by atoms with van der Waals surface area (Å²) in [6.45, 7) is 0. The van der Waals surface area contributed by atoms with Gasteiger partial charge in [-0.3, -0.25) is 0 Å². The van der Waals surface area contributed by atoms with E-state index in [4.69, 9.17) is 4.74 Å². The van der Waals surface area contributed by atoms with Crippen molar-refractivity contribution in [2.75, 3.05) is 7.11 Å². The molecule has 2 heterocycles. The minimum Gasteiger partial charge on any atom is -0.496 e. The Morgan fingerprint density at radius 3 is 2.59 bits per heavy atom. The maximum absolute atomic E-state index is 5.42. The summed E-state index contributed by atoms with van der Waals surface area (Å²) in [7, 11) is 1.76. The molecule has 92 valence electrons. The summed E-state index contributed by atoms with van der Waals surface area (Å²) >= 11 is 2.00. The molecule has 0 amide bonds. The minimum atomic E-state index is 0.755. The Kier molecular flexibility index (Phi) is 3.30. The molecular formula is C14H19NOS. The molecule has 0 aromatic heterocycles. The number of benzene rings is 1. The van der Waals surface area contributed by atoms with Crippen molar-refractivity contribution >= 4 is 11.8 Å². The number of thioether (sulfide) groups is 1. The van der Waals surface area contributed by atoms with Crippen LogP contribution in [0.15, 0.2) is 29.2 Å². The maximum atomic E-state index is 5.42. The second-order valence-corrected chi connectivity index (χ2v) is 6.34. The molecule has 1 aromatic carbocycles. The van der Waals surface area contributed by atoms with Crippen LogP contribution in [0.2, 0.25) is 0 Å². The van der Waals surface area contributed by atoms with Crippen molar-refractivity contribution in [3.8, 4) is 5.75 Å². The smallest absolute Gasteiger partial charge is 0.132 e. The van der Waals surface area contributed by atoms with Gasteiger partial charge in [-0.2, -0.15) is 0 Å². The highest BCUT2D eigenvalue weighted by molar-refractivity contribution is 8.00. The van der Waals surface area contributed by atoms with Crippen LogP contribution < -0.4 is 10.1 Å². The van der Waals surface area contributed by atoms with E-state index in [9.17, 15) is 0 Å². The monoisotopic (exact) mass is 249 g/mol. The van der Waals surface area contributed by atoms with Gasteiger partial charge in [0.05, 0.1) is 7.11 Å². The molecule has 1 N–H and O–H groups in total. The third-order valence-electron chi connectivity index (χ3n) is 3.79. The van der Waals surface area contributed by atoms with E-state index in [2.05, 4.69) is 23.5 Å². The zero-order valence-corrected chi connectivity index (χ0v) is 11.0. The van der Waals surface area contributed by atoms with E-state index < -0.39 is 0 Å². The van der Waals surface area contributed by atoms with Crippen LogP contribution >= 0.6 is 11.8 Å². The minimum absolute atomic E-state index is 0.755. The first-order valence-electron chi connectivity index (χ1n) is 6.41. The first-order valence-corrected chi connectivity index (χ1v) is 7.29. The Hall–Kier alpha value is -0.670. The number of piperidine rings is 1. The number of fused-ring (bicyclic) bond motifs is 2. The average molecular weight is 249 g/mol. The highest BCUT2D eigenvalue weighted by Crippen LogP contribution is 2.40. The Morgan fingerprint density at radius 2 is 1.88 bits per heavy atom. The van der Waals surface area contributed by atoms with Crippen LogP contribution in [0.5, 0.6) is 5.75 Å². The van der Waals surface area contributed by atoms with Gasteiger partial charge in [0.25, 0.3) is 0 Å². The van der Waals surface area contributed by atoms with Crippen LogP contribution in [0.4, 0.5) is 0 Å². The number of hydrogen-bond donors (Lipinski definition) is 1. The molecule has 2 nitrogen and oxygen atoms in total. The van der Waals surface area contributed by atoms with E-state index in [1.165, 1.54) is 30.6 Å². The van der Waals surface area contributed by atoms with Crippen molar-refractivity contribution in [1.82, 2.24) is 5.32 Å². The molecule has 0 saturated carbocycles. The summed E-state index contributed by atoms with van der Waals surface area (Å²) in [4.78, 5) is 1.29. The van der Waals surface area contributed by atoms with Gasteiger partial charge < -0.3 is 10.1 Å². The molecule has 2 aliphatic rings. The van der Waals surface area contributed by atoms with Crippen LogP contribution in [0.1, 0.15) is 25.7 Å². The van der Waals surface area contributed by atoms with Gasteiger partial charge in [-0.25, -0.2) is 0 Å². The Labute approximate surface area is 107 Å². The van der Waals surface area contributed by atoms with E-state index >= 15 is 0 Å². The van der Waals surface area contributed by atoms with Crippen LogP contribution in [0.25, 0.3) is 0 Å². The number of methoxy groups -OCH3 is 1. The lowest BCUT2D eigenvalue weighted by Crippen LogP contribution is -2.39. The summed E-state index contributed by atoms with van der Waals surface area (Å²) in [5.41, 5.74) is 0. The van der Waals surface area contributed by atoms with Crippen molar-refractivity contribution in [1.29, 1.82) is 0 Å². The lowest BCUT2D eigenvalue weighted by atomic mass is 10.1. The Morgan fingerprint density at radius 1 is 1.18 bits per heavy atom. The molecule has 3 rings (SSSR count). The zero-order chi connectivity index (χ0) is 11.7. The SMILES string of the molecule is COc1ccccc1SC1C[C@@H]2CC[C@@H](C1)N2. The summed E-state index contributed by atoms with van der Waals surface area (Å²) < 4.78 is 5.42. The summed E-state index contributed by atoms with van der Waals surface area (Å²) in [6, 6.07) is 9.89. The standard InChI is InChI=1S/C14H19NOS/c1-16-13-4-2-3-5-14(13)17-12-8-10-6-7-11(9-12)15-10/h2-5,10-12,15H,6-9H2,1H3/t10-,11-/m0/s1. The summed E-state index contributed by atoms with van der Waals surface area (Å²) in [5.74, 6) is 1.02. The maximum Gasteiger partial charge on any atom is 0.132 e. The average Bonchev–Trinajstić information content (AvgIpc) is 2.69. The molecule has 2 aliphatic heterocycles. The van der Waals surface area contributed by atoms with Gasteiger partial charge in [0, 0.05) is 22.2 Å². The number of rotatable bonds is 3. The number of nitrogens with one attached hydrogen (secondary N) is 1. The molecule has 0 radical (unpaired) electrons. The van der Waals surface area contributed by atoms with Crippen molar-refractivity contribution in [3.05, 3.63) is 24.3 Å². The fraction of sp³-hybridized carbons (Fsp3) is 0.571. The normalized spacial score (nSPS) is 31.5. The molecular weight excluding hydrogens is 230 g/mol. The summed E-state index contributed by atoms with van der Waals surface area (Å²) in [5, 5.41) is 4.44. The topological polar surface area (TPSA) is 21.3 Å². The number of para-hydroxylation sites is 1. The first-order chi connectivity index (χ1) is 8.35. The lowest BCUT2D eigenvalue weighted by Gasteiger charge is -2.28. The molecule has 0 spiro atoms. The third-order valence-corrected chi connectivity index (χ3v) is 5.10. The van der Waals surface area contributed by atoms with E-state index in [0.29, 0.717) is 0 Å². The molecule has 2 atom stereocenters. The van der Waals surface area contributed by atoms with Gasteiger partial charge in [0.2, 0.25) is 0 Å². The molecule has 3 heteroatoms. The molecule has 1 aromatic rings.